The number of benzene rings is 2. The van der Waals surface area contributed by atoms with Crippen LogP contribution in [0, 0.1) is 17.3 Å². The molecule has 0 saturated carbocycles. The van der Waals surface area contributed by atoms with Crippen molar-refractivity contribution in [3.8, 4) is 0 Å². The highest BCUT2D eigenvalue weighted by molar-refractivity contribution is 6.01. The van der Waals surface area contributed by atoms with Crippen molar-refractivity contribution in [1.29, 1.82) is 0 Å². The lowest BCUT2D eigenvalue weighted by molar-refractivity contribution is -0.311. The van der Waals surface area contributed by atoms with E-state index in [0.29, 0.717) is 38.9 Å². The first-order chi connectivity index (χ1) is 22.0. The van der Waals surface area contributed by atoms with E-state index >= 15 is 0 Å². The van der Waals surface area contributed by atoms with Crippen LogP contribution in [0.25, 0.3) is 0 Å². The normalized spacial score (nSPS) is 21.7. The molecule has 0 bridgehead atoms. The van der Waals surface area contributed by atoms with Crippen LogP contribution in [0.15, 0.2) is 60.7 Å². The summed E-state index contributed by atoms with van der Waals surface area (Å²) in [7, 11) is 0. The van der Waals surface area contributed by atoms with Crippen molar-refractivity contribution in [2.75, 3.05) is 13.2 Å². The fourth-order valence-electron chi connectivity index (χ4n) is 8.88. The largest absolute Gasteiger partial charge is 0.465 e. The highest BCUT2D eigenvalue weighted by Crippen LogP contribution is 2.58. The summed E-state index contributed by atoms with van der Waals surface area (Å²) >= 11 is 0. The lowest BCUT2D eigenvalue weighted by Gasteiger charge is -2.60. The summed E-state index contributed by atoms with van der Waals surface area (Å²) in [5.41, 5.74) is -1.36. The first kappa shape index (κ1) is 37.0. The predicted octanol–water partition coefficient (Wildman–Crippen LogP) is 7.90. The van der Waals surface area contributed by atoms with Gasteiger partial charge < -0.3 is 9.47 Å². The molecule has 8 heteroatoms. The molecule has 0 atom stereocenters. The van der Waals surface area contributed by atoms with Gasteiger partial charge in [0, 0.05) is 22.2 Å². The second-order valence-electron chi connectivity index (χ2n) is 15.9. The van der Waals surface area contributed by atoms with E-state index in [0.717, 1.165) is 11.1 Å². The molecule has 2 aromatic rings. The van der Waals surface area contributed by atoms with Crippen LogP contribution < -0.4 is 0 Å². The Morgan fingerprint density at radius 3 is 1.17 bits per heavy atom. The van der Waals surface area contributed by atoms with Crippen LogP contribution in [0.1, 0.15) is 106 Å². The fraction of sp³-hybridized carbons (Fsp3) is 0.641. The molecule has 0 aliphatic carbocycles. The van der Waals surface area contributed by atoms with Gasteiger partial charge in [0.2, 0.25) is 0 Å². The van der Waals surface area contributed by atoms with E-state index in [1.807, 2.05) is 36.4 Å². The van der Waals surface area contributed by atoms with E-state index in [1.54, 1.807) is 13.8 Å². The Morgan fingerprint density at radius 2 is 0.894 bits per heavy atom. The van der Waals surface area contributed by atoms with Gasteiger partial charge in [0.05, 0.1) is 26.4 Å². The lowest BCUT2D eigenvalue weighted by atomic mass is 9.54. The smallest absolute Gasteiger partial charge is 0.324 e. The number of nitrogens with zero attached hydrogens (tertiary/aromatic N) is 2. The number of hydrogen-bond acceptors (Lipinski definition) is 8. The molecule has 260 valence electrons. The molecular weight excluding hydrogens is 592 g/mol. The molecule has 8 nitrogen and oxygen atoms in total. The Balaban J connectivity index is 1.74. The van der Waals surface area contributed by atoms with Gasteiger partial charge in [0.15, 0.2) is 5.41 Å². The molecule has 0 spiro atoms. The van der Waals surface area contributed by atoms with Crippen molar-refractivity contribution in [2.24, 2.45) is 17.3 Å². The maximum Gasteiger partial charge on any atom is 0.324 e. The lowest BCUT2D eigenvalue weighted by Crippen LogP contribution is -2.68. The summed E-state index contributed by atoms with van der Waals surface area (Å²) in [6.07, 6.45) is 2.20. The number of carbonyl (C=O) groups is 2. The van der Waals surface area contributed by atoms with Crippen molar-refractivity contribution in [2.45, 2.75) is 130 Å². The molecule has 2 aliphatic heterocycles. The van der Waals surface area contributed by atoms with E-state index < -0.39 is 39.5 Å². The SMILES string of the molecule is CCOC(=O)C(C(=O)OCC)(C1CC(C)(C)N(OCc2ccccc2)C(C)(C)C1)C1CC(C)(C)N(OCc2ccccc2)C(C)(C)C1. The second-order valence-corrected chi connectivity index (χ2v) is 15.9. The summed E-state index contributed by atoms with van der Waals surface area (Å²) in [6.45, 7) is 21.9. The fourth-order valence-corrected chi connectivity index (χ4v) is 8.88. The van der Waals surface area contributed by atoms with E-state index in [2.05, 4.69) is 89.8 Å². The molecule has 0 aromatic heterocycles. The average molecular weight is 651 g/mol. The molecule has 0 amide bonds. The average Bonchev–Trinajstić information content (AvgIpc) is 2.96. The maximum atomic E-state index is 14.6. The molecule has 0 radical (unpaired) electrons. The Labute approximate surface area is 283 Å². The van der Waals surface area contributed by atoms with E-state index in [4.69, 9.17) is 19.1 Å². The van der Waals surface area contributed by atoms with Gasteiger partial charge in [-0.15, -0.1) is 0 Å². The van der Waals surface area contributed by atoms with Gasteiger partial charge in [0.25, 0.3) is 0 Å². The molecule has 47 heavy (non-hydrogen) atoms. The number of rotatable bonds is 12. The first-order valence-corrected chi connectivity index (χ1v) is 17.3. The monoisotopic (exact) mass is 650 g/mol. The van der Waals surface area contributed by atoms with Gasteiger partial charge in [-0.3, -0.25) is 19.3 Å². The third-order valence-electron chi connectivity index (χ3n) is 10.1. The number of carbonyl (C=O) groups excluding carboxylic acids is 2. The van der Waals surface area contributed by atoms with Crippen LogP contribution in [0.2, 0.25) is 0 Å². The molecular formula is C39H58N2O6. The zero-order valence-corrected chi connectivity index (χ0v) is 30.4. The van der Waals surface area contributed by atoms with E-state index in [9.17, 15) is 9.59 Å². The number of esters is 2. The highest BCUT2D eigenvalue weighted by Gasteiger charge is 2.67. The molecule has 4 rings (SSSR count). The zero-order valence-electron chi connectivity index (χ0n) is 30.4. The van der Waals surface area contributed by atoms with E-state index in [-0.39, 0.29) is 25.0 Å². The van der Waals surface area contributed by atoms with Gasteiger partial charge in [-0.2, -0.15) is 10.1 Å². The highest BCUT2D eigenvalue weighted by atomic mass is 16.7. The molecule has 0 N–H and O–H groups in total. The van der Waals surface area contributed by atoms with Crippen LogP contribution in [-0.2, 0) is 42.0 Å². The van der Waals surface area contributed by atoms with Gasteiger partial charge in [-0.25, -0.2) is 0 Å². The quantitative estimate of drug-likeness (QED) is 0.170. The van der Waals surface area contributed by atoms with Crippen molar-refractivity contribution in [1.82, 2.24) is 10.1 Å². The summed E-state index contributed by atoms with van der Waals surface area (Å²) in [4.78, 5) is 42.3. The Kier molecular flexibility index (Phi) is 11.3. The van der Waals surface area contributed by atoms with Crippen molar-refractivity contribution in [3.05, 3.63) is 71.8 Å². The third-order valence-corrected chi connectivity index (χ3v) is 10.1. The van der Waals surface area contributed by atoms with Crippen LogP contribution in [0.4, 0.5) is 0 Å². The minimum Gasteiger partial charge on any atom is -0.465 e. The molecule has 0 unspecified atom stereocenters. The molecule has 2 aromatic carbocycles. The zero-order chi connectivity index (χ0) is 34.7. The van der Waals surface area contributed by atoms with Crippen molar-refractivity contribution >= 4 is 11.9 Å². The summed E-state index contributed by atoms with van der Waals surface area (Å²) in [5.74, 6) is -1.67. The molecule has 2 aliphatic rings. The number of hydrogen-bond donors (Lipinski definition) is 0. The second kappa shape index (κ2) is 14.4. The van der Waals surface area contributed by atoms with Gasteiger partial charge in [-0.1, -0.05) is 60.7 Å². The standard InChI is InChI=1S/C39H58N2O6/c1-11-44-33(42)39(34(43)45-12-2,31-23-35(3,4)40(36(5,6)24-31)46-27-29-19-15-13-16-20-29)32-25-37(7,8)41(38(9,10)26-32)47-28-30-21-17-14-18-22-30/h13-22,31-32H,11-12,23-28H2,1-10H3. The molecule has 2 saturated heterocycles. The van der Waals surface area contributed by atoms with Crippen LogP contribution in [-0.4, -0.2) is 57.4 Å². The predicted molar refractivity (Wildman–Crippen MR) is 184 cm³/mol. The molecule has 2 heterocycles. The van der Waals surface area contributed by atoms with Gasteiger partial charge in [0.1, 0.15) is 0 Å². The van der Waals surface area contributed by atoms with Crippen LogP contribution >= 0.6 is 0 Å². The molecule has 2 fully saturated rings. The summed E-state index contributed by atoms with van der Waals surface area (Å²) in [5, 5.41) is 4.16. The minimum absolute atomic E-state index is 0.178. The van der Waals surface area contributed by atoms with Crippen molar-refractivity contribution < 1.29 is 28.7 Å². The summed E-state index contributed by atoms with van der Waals surface area (Å²) < 4.78 is 11.8. The van der Waals surface area contributed by atoms with Crippen LogP contribution in [0.5, 0.6) is 0 Å². The van der Waals surface area contributed by atoms with Gasteiger partial charge >= 0.3 is 11.9 Å². The Hall–Kier alpha value is -2.78. The Morgan fingerprint density at radius 1 is 0.596 bits per heavy atom. The minimum atomic E-state index is -1.51. The topological polar surface area (TPSA) is 77.5 Å². The first-order valence-electron chi connectivity index (χ1n) is 17.3. The number of hydroxylamine groups is 4. The van der Waals surface area contributed by atoms with Crippen LogP contribution in [0.3, 0.4) is 0 Å². The number of ether oxygens (including phenoxy) is 2. The van der Waals surface area contributed by atoms with E-state index in [1.165, 1.54) is 0 Å². The Bertz CT molecular complexity index is 1200. The number of piperidine rings is 2. The van der Waals surface area contributed by atoms with Gasteiger partial charge in [-0.05, 0) is 118 Å². The summed E-state index contributed by atoms with van der Waals surface area (Å²) in [6, 6.07) is 20.2. The third kappa shape index (κ3) is 7.77. The van der Waals surface area contributed by atoms with Crippen molar-refractivity contribution in [3.63, 3.8) is 0 Å². The maximum absolute atomic E-state index is 14.6.